The van der Waals surface area contributed by atoms with Gasteiger partial charge in [0, 0.05) is 104 Å². The van der Waals surface area contributed by atoms with Crippen LogP contribution in [0.25, 0.3) is 16.6 Å². The maximum atomic E-state index is 14.1. The second kappa shape index (κ2) is 20.0. The van der Waals surface area contributed by atoms with Crippen LogP contribution in [0.15, 0.2) is 94.5 Å². The van der Waals surface area contributed by atoms with E-state index in [4.69, 9.17) is 22.1 Å². The molecule has 5 aromatic rings. The monoisotopic (exact) mass is 893 g/mol. The summed E-state index contributed by atoms with van der Waals surface area (Å²) in [5, 5.41) is 4.99. The van der Waals surface area contributed by atoms with Crippen LogP contribution in [0.5, 0.6) is 11.5 Å². The third kappa shape index (κ3) is 11.0. The molecule has 328 valence electrons. The number of carbonyl (C=O) groups excluding carboxylic acids is 1. The van der Waals surface area contributed by atoms with Crippen molar-refractivity contribution in [3.8, 4) is 11.5 Å². The van der Waals surface area contributed by atoms with Crippen LogP contribution >= 0.6 is 35.3 Å². The molecule has 5 N–H and O–H groups in total. The van der Waals surface area contributed by atoms with Crippen LogP contribution in [-0.4, -0.2) is 116 Å². The summed E-state index contributed by atoms with van der Waals surface area (Å²) >= 11 is 9.34. The average molecular weight is 895 g/mol. The van der Waals surface area contributed by atoms with Gasteiger partial charge in [-0.05, 0) is 122 Å². The van der Waals surface area contributed by atoms with Crippen molar-refractivity contribution in [3.63, 3.8) is 0 Å². The Morgan fingerprint density at radius 1 is 0.968 bits per heavy atom. The Balaban J connectivity index is 0.949. The first-order valence-electron chi connectivity index (χ1n) is 21.8. The summed E-state index contributed by atoms with van der Waals surface area (Å²) in [7, 11) is 4.09. The smallest absolute Gasteiger partial charge is 0.265 e. The number of anilines is 3. The van der Waals surface area contributed by atoms with E-state index in [-0.39, 0.29) is 11.3 Å². The van der Waals surface area contributed by atoms with Crippen molar-refractivity contribution in [2.75, 3.05) is 101 Å². The molecule has 1 aliphatic carbocycles. The van der Waals surface area contributed by atoms with Crippen molar-refractivity contribution in [1.29, 1.82) is 0 Å². The van der Waals surface area contributed by atoms with E-state index in [0.29, 0.717) is 22.7 Å². The van der Waals surface area contributed by atoms with Crippen LogP contribution < -0.4 is 25.4 Å². The molecule has 62 heavy (non-hydrogen) atoms. The minimum atomic E-state index is -0.255. The molecule has 2 fully saturated rings. The lowest BCUT2D eigenvalue weighted by Gasteiger charge is -2.39. The average Bonchev–Trinajstić information content (AvgIpc) is 3.74. The number of amides is 1. The Kier molecular flexibility index (Phi) is 14.3. The number of aromatic nitrogens is 2. The van der Waals surface area contributed by atoms with Gasteiger partial charge >= 0.3 is 0 Å². The number of aromatic amines is 1. The number of hydrogen-bond donors (Lipinski definition) is 4. The van der Waals surface area contributed by atoms with Crippen LogP contribution in [0, 0.1) is 5.41 Å². The van der Waals surface area contributed by atoms with Gasteiger partial charge in [-0.2, -0.15) is 0 Å². The number of H-pyrrole nitrogens is 1. The van der Waals surface area contributed by atoms with Gasteiger partial charge in [0.1, 0.15) is 17.1 Å². The van der Waals surface area contributed by atoms with E-state index < -0.39 is 0 Å². The van der Waals surface area contributed by atoms with E-state index in [1.165, 1.54) is 29.5 Å². The second-order valence-corrected chi connectivity index (χ2v) is 20.0. The lowest BCUT2D eigenvalue weighted by atomic mass is 9.72. The first kappa shape index (κ1) is 44.2. The number of nitrogen functional groups attached to an aromatic ring is 1. The van der Waals surface area contributed by atoms with Crippen LogP contribution in [0.4, 0.5) is 17.1 Å². The number of nitrogens with one attached hydrogen (secondary N) is 3. The molecule has 0 atom stereocenters. The third-order valence-electron chi connectivity index (χ3n) is 12.4. The fourth-order valence-electron chi connectivity index (χ4n) is 8.73. The normalized spacial score (nSPS) is 17.7. The fourth-order valence-corrected chi connectivity index (χ4v) is 10.7. The molecule has 2 saturated heterocycles. The molecule has 2 aliphatic heterocycles. The number of hydrogen-bond acceptors (Lipinski definition) is 11. The highest BCUT2D eigenvalue weighted by atomic mass is 35.5. The number of allylic oxidation sites excluding steroid dienone is 1. The first-order chi connectivity index (χ1) is 30.0. The molecule has 0 saturated carbocycles. The van der Waals surface area contributed by atoms with E-state index in [9.17, 15) is 4.79 Å². The summed E-state index contributed by atoms with van der Waals surface area (Å²) in [6.45, 7) is 14.9. The Labute approximate surface area is 380 Å². The van der Waals surface area contributed by atoms with E-state index in [0.717, 1.165) is 128 Å². The molecular weight excluding hydrogens is 834 g/mol. The Morgan fingerprint density at radius 2 is 1.74 bits per heavy atom. The highest BCUT2D eigenvalue weighted by molar-refractivity contribution is 7.99. The Hall–Kier alpha value is -4.37. The molecule has 0 spiro atoms. The number of halogens is 1. The number of nitrogens with two attached hydrogens (primary N) is 1. The summed E-state index contributed by atoms with van der Waals surface area (Å²) in [6.07, 6.45) is 8.03. The van der Waals surface area contributed by atoms with Crippen LogP contribution in [-0.2, 0) is 0 Å². The van der Waals surface area contributed by atoms with Gasteiger partial charge in [0.25, 0.3) is 5.91 Å². The number of carbonyl (C=O) groups is 1. The lowest BCUT2D eigenvalue weighted by molar-refractivity contribution is 0.0982. The van der Waals surface area contributed by atoms with Gasteiger partial charge in [-0.3, -0.25) is 14.4 Å². The number of likely N-dealkylation sites (N-methyl/N-ethyl adjacent to an activating group) is 1. The molecule has 1 amide bonds. The molecule has 3 aromatic carbocycles. The maximum Gasteiger partial charge on any atom is 0.265 e. The van der Waals surface area contributed by atoms with Crippen molar-refractivity contribution in [3.05, 3.63) is 101 Å². The van der Waals surface area contributed by atoms with Crippen molar-refractivity contribution in [2.24, 2.45) is 5.41 Å². The maximum absolute atomic E-state index is 14.1. The minimum Gasteiger partial charge on any atom is -0.455 e. The number of nitrogens with zero attached hydrogens (tertiary/aromatic N) is 5. The zero-order valence-electron chi connectivity index (χ0n) is 36.4. The second-order valence-electron chi connectivity index (χ2n) is 17.6. The number of ether oxygens (including phenoxy) is 1. The zero-order valence-corrected chi connectivity index (χ0v) is 38.8. The first-order valence-corrected chi connectivity index (χ1v) is 24.0. The molecule has 0 unspecified atom stereocenters. The molecule has 14 heteroatoms. The van der Waals surface area contributed by atoms with E-state index in [1.54, 1.807) is 23.5 Å². The largest absolute Gasteiger partial charge is 0.455 e. The van der Waals surface area contributed by atoms with Gasteiger partial charge in [-0.1, -0.05) is 43.2 Å². The number of rotatable bonds is 15. The number of benzene rings is 3. The summed E-state index contributed by atoms with van der Waals surface area (Å²) in [4.78, 5) is 33.6. The van der Waals surface area contributed by atoms with Crippen molar-refractivity contribution in [2.45, 2.75) is 49.3 Å². The highest BCUT2D eigenvalue weighted by Gasteiger charge is 2.30. The summed E-state index contributed by atoms with van der Waals surface area (Å²) in [6, 6.07) is 22.2. The van der Waals surface area contributed by atoms with Crippen molar-refractivity contribution in [1.82, 2.24) is 29.4 Å². The highest BCUT2D eigenvalue weighted by Crippen LogP contribution is 2.44. The van der Waals surface area contributed by atoms with E-state index >= 15 is 0 Å². The Morgan fingerprint density at radius 3 is 2.52 bits per heavy atom. The number of piperazine rings is 2. The van der Waals surface area contributed by atoms with Crippen LogP contribution in [0.2, 0.25) is 5.02 Å². The molecule has 8 rings (SSSR count). The topological polar surface area (TPSA) is 118 Å². The summed E-state index contributed by atoms with van der Waals surface area (Å²) in [5.41, 5.74) is 15.0. The quantitative estimate of drug-likeness (QED) is 0.0349. The van der Waals surface area contributed by atoms with Crippen LogP contribution in [0.1, 0.15) is 55.5 Å². The van der Waals surface area contributed by atoms with Gasteiger partial charge in [0.15, 0.2) is 0 Å². The minimum absolute atomic E-state index is 0.255. The molecule has 3 aliphatic rings. The van der Waals surface area contributed by atoms with E-state index in [2.05, 4.69) is 78.7 Å². The van der Waals surface area contributed by atoms with Gasteiger partial charge < -0.3 is 35.5 Å². The molecular formula is C48H60ClN9O2S2. The van der Waals surface area contributed by atoms with Crippen molar-refractivity contribution >= 4 is 74.9 Å². The van der Waals surface area contributed by atoms with Gasteiger partial charge in [0.2, 0.25) is 0 Å². The molecule has 2 aromatic heterocycles. The van der Waals surface area contributed by atoms with Crippen LogP contribution in [0.3, 0.4) is 0 Å². The predicted octanol–water partition coefficient (Wildman–Crippen LogP) is 9.59. The van der Waals surface area contributed by atoms with Gasteiger partial charge in [0.05, 0.1) is 23.1 Å². The standard InChI is InChI=1S/C48H60ClN9O2S2/c1-48(2)14-12-35(41(30-48)33-6-8-36(49)9-7-33)32-57-21-23-58(24-22-57)37-10-11-40(43(27-37)60-38-26-34-13-15-52-46(34)53-31-38)47(59)54-62-39-28-42(50)45(51-3)44(29-39)61-25-5-16-56-19-17-55(4)18-20-56/h6-11,13,15,26-29,31,51H,5,12,14,16-25,30,32,50H2,1-4H3,(H,52,53)(H,54,59). The molecule has 11 nitrogen and oxygen atoms in total. The number of pyridine rings is 1. The Bertz CT molecular complexity index is 2370. The molecule has 0 radical (unpaired) electrons. The molecule has 0 bridgehead atoms. The lowest BCUT2D eigenvalue weighted by Crippen LogP contribution is -2.47. The van der Waals surface area contributed by atoms with Crippen molar-refractivity contribution < 1.29 is 9.53 Å². The SMILES string of the molecule is CNc1c(N)cc(SNC(=O)c2ccc(N3CCN(CC4=C(c5ccc(Cl)cc5)CC(C)(C)CC4)CC3)cc2Oc2cnc3[nH]ccc3c2)cc1SCCCN1CCN(C)CC1. The zero-order chi connectivity index (χ0) is 43.2. The number of thioether (sulfide) groups is 1. The molecule has 4 heterocycles. The van der Waals surface area contributed by atoms with E-state index in [1.807, 2.05) is 61.8 Å². The number of fused-ring (bicyclic) bond motifs is 1. The summed E-state index contributed by atoms with van der Waals surface area (Å²) in [5.74, 6) is 1.76. The fraction of sp³-hybridized carbons (Fsp3) is 0.417. The van der Waals surface area contributed by atoms with Gasteiger partial charge in [-0.25, -0.2) is 4.98 Å². The summed E-state index contributed by atoms with van der Waals surface area (Å²) < 4.78 is 9.62. The third-order valence-corrected chi connectivity index (χ3v) is 14.6. The predicted molar refractivity (Wildman–Crippen MR) is 260 cm³/mol. The van der Waals surface area contributed by atoms with Gasteiger partial charge in [-0.15, -0.1) is 11.8 Å².